The number of aromatic nitrogens is 3. The molecule has 1 fully saturated rings. The summed E-state index contributed by atoms with van der Waals surface area (Å²) in [5.41, 5.74) is 1.24. The molecule has 3 aromatic rings. The lowest BCUT2D eigenvalue weighted by Crippen LogP contribution is -2.47. The number of nitrogens with two attached hydrogens (primary N) is 1. The van der Waals surface area contributed by atoms with Crippen molar-refractivity contribution in [2.24, 2.45) is 0 Å². The van der Waals surface area contributed by atoms with Crippen LogP contribution in [0.15, 0.2) is 30.6 Å². The number of halogens is 7. The molecule has 1 aliphatic heterocycles. The lowest BCUT2D eigenvalue weighted by Gasteiger charge is -2.27. The molecule has 1 saturated heterocycles. The fourth-order valence-electron chi connectivity index (χ4n) is 4.37. The Morgan fingerprint density at radius 1 is 1.15 bits per heavy atom. The summed E-state index contributed by atoms with van der Waals surface area (Å²) in [6.07, 6.45) is -12.1. The third kappa shape index (κ3) is 5.39. The van der Waals surface area contributed by atoms with Crippen molar-refractivity contribution in [1.82, 2.24) is 24.8 Å². The number of hydrogen-bond donors (Lipinski definition) is 3. The molecule has 0 radical (unpaired) electrons. The number of hydrogen-bond acceptors (Lipinski definition) is 6. The van der Waals surface area contributed by atoms with E-state index in [1.807, 2.05) is 0 Å². The summed E-state index contributed by atoms with van der Waals surface area (Å²) in [6, 6.07) is 3.70. The number of likely N-dealkylation sites (tertiary alicyclic amines) is 1. The van der Waals surface area contributed by atoms with E-state index in [0.717, 1.165) is 21.8 Å². The average molecular weight is 576 g/mol. The normalized spacial score (nSPS) is 19.6. The maximum atomic E-state index is 14.7. The van der Waals surface area contributed by atoms with Crippen molar-refractivity contribution in [3.8, 4) is 11.3 Å². The number of nitrogens with zero attached hydrogens (tertiary/aromatic N) is 4. The molecule has 0 saturated carbocycles. The SMILES string of the molecule is Cc1ccc(-c2cc(C(F)(F)F)c3c(N)ncnn23)cc1C(=O)N[C@@H]1CN(C(=O)CC(C)(O)C(F)(F)F)C[C@@H]1F. The van der Waals surface area contributed by atoms with E-state index in [1.54, 1.807) is 0 Å². The molecule has 3 atom stereocenters. The van der Waals surface area contributed by atoms with Gasteiger partial charge in [-0.1, -0.05) is 12.1 Å². The number of anilines is 1. The summed E-state index contributed by atoms with van der Waals surface area (Å²) >= 11 is 0. The highest BCUT2D eigenvalue weighted by Gasteiger charge is 2.52. The van der Waals surface area contributed by atoms with E-state index in [0.29, 0.717) is 12.5 Å². The monoisotopic (exact) mass is 576 g/mol. The van der Waals surface area contributed by atoms with Gasteiger partial charge < -0.3 is 21.1 Å². The Labute approximate surface area is 221 Å². The van der Waals surface area contributed by atoms with Crippen LogP contribution >= 0.6 is 0 Å². The van der Waals surface area contributed by atoms with E-state index in [9.17, 15) is 45.4 Å². The lowest BCUT2D eigenvalue weighted by atomic mass is 10.0. The van der Waals surface area contributed by atoms with E-state index in [4.69, 9.17) is 5.73 Å². The highest BCUT2D eigenvalue weighted by Crippen LogP contribution is 2.39. The molecule has 40 heavy (non-hydrogen) atoms. The zero-order valence-electron chi connectivity index (χ0n) is 20.9. The Morgan fingerprint density at radius 2 is 1.82 bits per heavy atom. The summed E-state index contributed by atoms with van der Waals surface area (Å²) < 4.78 is 95.4. The number of alkyl halides is 7. The van der Waals surface area contributed by atoms with Crippen molar-refractivity contribution >= 4 is 23.1 Å². The Kier molecular flexibility index (Phi) is 7.19. The minimum Gasteiger partial charge on any atom is -0.382 e. The second-order valence-corrected chi connectivity index (χ2v) is 9.72. The summed E-state index contributed by atoms with van der Waals surface area (Å²) in [5, 5.41) is 15.8. The molecule has 2 amide bonds. The average Bonchev–Trinajstić information content (AvgIpc) is 3.40. The van der Waals surface area contributed by atoms with Gasteiger partial charge in [-0.3, -0.25) is 9.59 Å². The summed E-state index contributed by atoms with van der Waals surface area (Å²) in [4.78, 5) is 29.7. The molecule has 4 rings (SSSR count). The van der Waals surface area contributed by atoms with Gasteiger partial charge in [-0.15, -0.1) is 0 Å². The van der Waals surface area contributed by atoms with E-state index in [2.05, 4.69) is 15.4 Å². The molecule has 9 nitrogen and oxygen atoms in total. The highest BCUT2D eigenvalue weighted by molar-refractivity contribution is 5.97. The molecule has 216 valence electrons. The zero-order chi connectivity index (χ0) is 29.8. The summed E-state index contributed by atoms with van der Waals surface area (Å²) in [7, 11) is 0. The first kappa shape index (κ1) is 29.0. The van der Waals surface area contributed by atoms with Crippen LogP contribution in [0.2, 0.25) is 0 Å². The number of fused-ring (bicyclic) bond motifs is 1. The van der Waals surface area contributed by atoms with Crippen molar-refractivity contribution < 1.29 is 45.4 Å². The van der Waals surface area contributed by atoms with Crippen molar-refractivity contribution in [3.63, 3.8) is 0 Å². The van der Waals surface area contributed by atoms with E-state index in [1.165, 1.54) is 25.1 Å². The van der Waals surface area contributed by atoms with Crippen LogP contribution in [-0.4, -0.2) is 73.5 Å². The number of nitrogens with one attached hydrogen (secondary N) is 1. The molecule has 0 bridgehead atoms. The van der Waals surface area contributed by atoms with Gasteiger partial charge in [-0.2, -0.15) is 31.4 Å². The third-order valence-electron chi connectivity index (χ3n) is 6.69. The number of carbonyl (C=O) groups excluding carboxylic acids is 2. The maximum absolute atomic E-state index is 14.7. The molecule has 0 aliphatic carbocycles. The van der Waals surface area contributed by atoms with E-state index < -0.39 is 78.4 Å². The topological polar surface area (TPSA) is 126 Å². The van der Waals surface area contributed by atoms with Gasteiger partial charge in [-0.05, 0) is 31.5 Å². The second kappa shape index (κ2) is 9.91. The number of amides is 2. The number of nitrogen functional groups attached to an aromatic ring is 1. The molecule has 2 aromatic heterocycles. The first-order chi connectivity index (χ1) is 18.4. The fraction of sp³-hybridized carbons (Fsp3) is 0.417. The molecule has 0 spiro atoms. The smallest absolute Gasteiger partial charge is 0.382 e. The van der Waals surface area contributed by atoms with Crippen LogP contribution in [0.3, 0.4) is 0 Å². The Bertz CT molecular complexity index is 1470. The van der Waals surface area contributed by atoms with Crippen molar-refractivity contribution in [2.75, 3.05) is 18.8 Å². The van der Waals surface area contributed by atoms with Crippen molar-refractivity contribution in [3.05, 3.63) is 47.3 Å². The number of carbonyl (C=O) groups is 2. The van der Waals surface area contributed by atoms with Crippen LogP contribution in [0.5, 0.6) is 0 Å². The standard InChI is InChI=1S/C24H23F7N6O3/c1-11-3-4-12(17-6-14(23(26,27)28)19-20(32)33-10-34-37(17)19)5-13(11)21(39)35-16-9-36(8-15(16)25)18(38)7-22(2,40)24(29,30)31/h3-6,10,15-16,40H,7-9H2,1-2H3,(H,35,39)(H2,32,33,34)/t15-,16+,22?/m0/s1. The molecule has 1 unspecified atom stereocenters. The predicted octanol–water partition coefficient (Wildman–Crippen LogP) is 3.29. The first-order valence-corrected chi connectivity index (χ1v) is 11.7. The minimum absolute atomic E-state index is 0.0278. The van der Waals surface area contributed by atoms with Gasteiger partial charge in [0.2, 0.25) is 5.91 Å². The van der Waals surface area contributed by atoms with Crippen molar-refractivity contribution in [1.29, 1.82) is 0 Å². The van der Waals surface area contributed by atoms with Crippen molar-refractivity contribution in [2.45, 2.75) is 50.4 Å². The number of aryl methyl sites for hydroxylation is 1. The van der Waals surface area contributed by atoms with Crippen LogP contribution in [-0.2, 0) is 11.0 Å². The molecule has 16 heteroatoms. The van der Waals surface area contributed by atoms with Gasteiger partial charge in [0, 0.05) is 17.7 Å². The lowest BCUT2D eigenvalue weighted by molar-refractivity contribution is -0.254. The largest absolute Gasteiger partial charge is 0.418 e. The molecule has 1 aliphatic rings. The van der Waals surface area contributed by atoms with Crippen LogP contribution in [0.1, 0.15) is 34.8 Å². The van der Waals surface area contributed by atoms with E-state index in [-0.39, 0.29) is 16.8 Å². The van der Waals surface area contributed by atoms with Gasteiger partial charge in [0.15, 0.2) is 11.4 Å². The molecule has 1 aromatic carbocycles. The summed E-state index contributed by atoms with van der Waals surface area (Å²) in [5.74, 6) is -2.39. The predicted molar refractivity (Wildman–Crippen MR) is 127 cm³/mol. The minimum atomic E-state index is -5.09. The van der Waals surface area contributed by atoms with Gasteiger partial charge in [-0.25, -0.2) is 13.9 Å². The summed E-state index contributed by atoms with van der Waals surface area (Å²) in [6.45, 7) is 0.906. The molecular formula is C24H23F7N6O3. The number of rotatable bonds is 5. The molecule has 4 N–H and O–H groups in total. The fourth-order valence-corrected chi connectivity index (χ4v) is 4.37. The Morgan fingerprint density at radius 3 is 2.45 bits per heavy atom. The molecular weight excluding hydrogens is 553 g/mol. The van der Waals surface area contributed by atoms with E-state index >= 15 is 0 Å². The van der Waals surface area contributed by atoms with Crippen LogP contribution in [0, 0.1) is 6.92 Å². The van der Waals surface area contributed by atoms with Gasteiger partial charge in [0.1, 0.15) is 18.0 Å². The second-order valence-electron chi connectivity index (χ2n) is 9.72. The zero-order valence-corrected chi connectivity index (χ0v) is 20.9. The maximum Gasteiger partial charge on any atom is 0.418 e. The first-order valence-electron chi connectivity index (χ1n) is 11.7. The molecule has 3 heterocycles. The van der Waals surface area contributed by atoms with Gasteiger partial charge in [0.05, 0.1) is 30.3 Å². The highest BCUT2D eigenvalue weighted by atomic mass is 19.4. The van der Waals surface area contributed by atoms with Crippen LogP contribution < -0.4 is 11.1 Å². The Balaban J connectivity index is 1.57. The van der Waals surface area contributed by atoms with Gasteiger partial charge >= 0.3 is 12.4 Å². The third-order valence-corrected chi connectivity index (χ3v) is 6.69. The van der Waals surface area contributed by atoms with Crippen LogP contribution in [0.4, 0.5) is 36.6 Å². The van der Waals surface area contributed by atoms with Gasteiger partial charge in [0.25, 0.3) is 5.91 Å². The quantitative estimate of drug-likeness (QED) is 0.401. The van der Waals surface area contributed by atoms with Crippen LogP contribution in [0.25, 0.3) is 16.8 Å². The number of aliphatic hydroxyl groups is 1. The number of benzene rings is 1. The Hall–Kier alpha value is -3.95.